The van der Waals surface area contributed by atoms with Crippen molar-refractivity contribution in [2.45, 2.75) is 38.8 Å². The zero-order valence-electron chi connectivity index (χ0n) is 11.1. The average molecular weight is 247 g/mol. The molecule has 2 aromatic rings. The second kappa shape index (κ2) is 5.08. The van der Waals surface area contributed by atoms with Crippen molar-refractivity contribution in [1.29, 1.82) is 0 Å². The van der Waals surface area contributed by atoms with E-state index in [1.807, 2.05) is 32.0 Å². The van der Waals surface area contributed by atoms with Gasteiger partial charge < -0.3 is 15.4 Å². The van der Waals surface area contributed by atoms with E-state index in [0.29, 0.717) is 0 Å². The van der Waals surface area contributed by atoms with Crippen LogP contribution in [0.15, 0.2) is 24.3 Å². The fraction of sp³-hybridized carbons (Fsp3) is 0.500. The summed E-state index contributed by atoms with van der Waals surface area (Å²) in [4.78, 5) is 4.53. The molecule has 4 heteroatoms. The Kier molecular flexibility index (Phi) is 3.68. The predicted octanol–water partition coefficient (Wildman–Crippen LogP) is 1.83. The second-order valence-electron chi connectivity index (χ2n) is 5.22. The molecule has 1 aromatic heterocycles. The van der Waals surface area contributed by atoms with E-state index >= 15 is 0 Å². The number of aromatic nitrogens is 2. The van der Waals surface area contributed by atoms with Crippen LogP contribution in [-0.2, 0) is 6.54 Å². The standard InChI is InChI=1S/C14H21N3O/c1-11-16-12-6-3-4-7-13(12)17(11)9-5-8-14(2,15)10-18/h3-4,6-7,18H,5,8-10,15H2,1-2H3. The number of para-hydroxylation sites is 2. The van der Waals surface area contributed by atoms with E-state index < -0.39 is 5.54 Å². The topological polar surface area (TPSA) is 64.1 Å². The van der Waals surface area contributed by atoms with Crippen LogP contribution in [0.3, 0.4) is 0 Å². The normalized spacial score (nSPS) is 14.9. The van der Waals surface area contributed by atoms with Crippen LogP contribution in [-0.4, -0.2) is 26.8 Å². The first kappa shape index (κ1) is 13.1. The molecule has 18 heavy (non-hydrogen) atoms. The number of rotatable bonds is 5. The van der Waals surface area contributed by atoms with E-state index in [0.717, 1.165) is 36.2 Å². The van der Waals surface area contributed by atoms with Gasteiger partial charge in [0, 0.05) is 12.1 Å². The first-order valence-electron chi connectivity index (χ1n) is 6.35. The fourth-order valence-electron chi connectivity index (χ4n) is 2.20. The molecule has 98 valence electrons. The molecular weight excluding hydrogens is 226 g/mol. The highest BCUT2D eigenvalue weighted by atomic mass is 16.3. The minimum absolute atomic E-state index is 0.0245. The SMILES string of the molecule is Cc1nc2ccccc2n1CCCC(C)(N)CO. The molecule has 4 nitrogen and oxygen atoms in total. The highest BCUT2D eigenvalue weighted by Crippen LogP contribution is 2.17. The molecule has 0 fully saturated rings. The van der Waals surface area contributed by atoms with Crippen molar-refractivity contribution >= 4 is 11.0 Å². The zero-order chi connectivity index (χ0) is 13.2. The van der Waals surface area contributed by atoms with E-state index in [9.17, 15) is 0 Å². The first-order chi connectivity index (χ1) is 8.53. The Morgan fingerprint density at radius 2 is 2.11 bits per heavy atom. The van der Waals surface area contributed by atoms with Crippen LogP contribution in [0.1, 0.15) is 25.6 Å². The van der Waals surface area contributed by atoms with Crippen molar-refractivity contribution < 1.29 is 5.11 Å². The number of aliphatic hydroxyl groups is 1. The number of aliphatic hydroxyl groups excluding tert-OH is 1. The molecule has 0 aliphatic heterocycles. The van der Waals surface area contributed by atoms with Gasteiger partial charge in [-0.2, -0.15) is 0 Å². The molecule has 0 saturated heterocycles. The number of imidazole rings is 1. The summed E-state index contributed by atoms with van der Waals surface area (Å²) in [7, 11) is 0. The van der Waals surface area contributed by atoms with Crippen LogP contribution in [0.2, 0.25) is 0 Å². The summed E-state index contributed by atoms with van der Waals surface area (Å²) in [6, 6.07) is 8.14. The Balaban J connectivity index is 2.10. The summed E-state index contributed by atoms with van der Waals surface area (Å²) >= 11 is 0. The quantitative estimate of drug-likeness (QED) is 0.847. The summed E-state index contributed by atoms with van der Waals surface area (Å²) in [5.74, 6) is 1.03. The molecule has 1 aromatic carbocycles. The Morgan fingerprint density at radius 3 is 2.83 bits per heavy atom. The number of hydrogen-bond acceptors (Lipinski definition) is 3. The van der Waals surface area contributed by atoms with Crippen molar-refractivity contribution in [2.75, 3.05) is 6.61 Å². The third kappa shape index (κ3) is 2.71. The van der Waals surface area contributed by atoms with Crippen molar-refractivity contribution in [2.24, 2.45) is 5.73 Å². The first-order valence-corrected chi connectivity index (χ1v) is 6.35. The smallest absolute Gasteiger partial charge is 0.106 e. The van der Waals surface area contributed by atoms with Crippen LogP contribution in [0, 0.1) is 6.92 Å². The van der Waals surface area contributed by atoms with Gasteiger partial charge in [0.25, 0.3) is 0 Å². The van der Waals surface area contributed by atoms with Gasteiger partial charge in [0.15, 0.2) is 0 Å². The van der Waals surface area contributed by atoms with E-state index in [2.05, 4.69) is 15.6 Å². The fourth-order valence-corrected chi connectivity index (χ4v) is 2.20. The van der Waals surface area contributed by atoms with Crippen LogP contribution >= 0.6 is 0 Å². The number of aryl methyl sites for hydroxylation is 2. The summed E-state index contributed by atoms with van der Waals surface area (Å²) in [6.45, 7) is 4.81. The van der Waals surface area contributed by atoms with Crippen LogP contribution in [0.4, 0.5) is 0 Å². The van der Waals surface area contributed by atoms with Crippen molar-refractivity contribution in [1.82, 2.24) is 9.55 Å². The monoisotopic (exact) mass is 247 g/mol. The van der Waals surface area contributed by atoms with Gasteiger partial charge in [0.2, 0.25) is 0 Å². The van der Waals surface area contributed by atoms with Crippen LogP contribution in [0.25, 0.3) is 11.0 Å². The lowest BCUT2D eigenvalue weighted by Crippen LogP contribution is -2.40. The molecule has 0 radical (unpaired) electrons. The Bertz CT molecular complexity index is 531. The van der Waals surface area contributed by atoms with Gasteiger partial charge in [-0.15, -0.1) is 0 Å². The second-order valence-corrected chi connectivity index (χ2v) is 5.22. The van der Waals surface area contributed by atoms with Crippen molar-refractivity contribution in [3.8, 4) is 0 Å². The lowest BCUT2D eigenvalue weighted by atomic mass is 9.98. The summed E-state index contributed by atoms with van der Waals surface area (Å²) in [5.41, 5.74) is 7.65. The van der Waals surface area contributed by atoms with Gasteiger partial charge in [-0.05, 0) is 38.8 Å². The van der Waals surface area contributed by atoms with Crippen LogP contribution < -0.4 is 5.73 Å². The van der Waals surface area contributed by atoms with Crippen molar-refractivity contribution in [3.63, 3.8) is 0 Å². The molecule has 0 amide bonds. The molecule has 0 aliphatic carbocycles. The van der Waals surface area contributed by atoms with E-state index in [1.165, 1.54) is 0 Å². The third-order valence-electron chi connectivity index (χ3n) is 3.34. The van der Waals surface area contributed by atoms with Gasteiger partial charge >= 0.3 is 0 Å². The Labute approximate surface area is 107 Å². The maximum atomic E-state index is 9.13. The maximum absolute atomic E-state index is 9.13. The van der Waals surface area contributed by atoms with Gasteiger partial charge in [-0.3, -0.25) is 0 Å². The highest BCUT2D eigenvalue weighted by molar-refractivity contribution is 5.75. The lowest BCUT2D eigenvalue weighted by Gasteiger charge is -2.21. The number of fused-ring (bicyclic) bond motifs is 1. The third-order valence-corrected chi connectivity index (χ3v) is 3.34. The molecule has 1 atom stereocenters. The molecule has 0 aliphatic rings. The Hall–Kier alpha value is -1.39. The number of benzene rings is 1. The number of nitrogens with two attached hydrogens (primary N) is 1. The molecule has 2 rings (SSSR count). The molecular formula is C14H21N3O. The molecule has 0 spiro atoms. The molecule has 1 heterocycles. The van der Waals surface area contributed by atoms with Crippen LogP contribution in [0.5, 0.6) is 0 Å². The van der Waals surface area contributed by atoms with Gasteiger partial charge in [-0.25, -0.2) is 4.98 Å². The van der Waals surface area contributed by atoms with E-state index in [-0.39, 0.29) is 6.61 Å². The Morgan fingerprint density at radius 1 is 1.39 bits per heavy atom. The highest BCUT2D eigenvalue weighted by Gasteiger charge is 2.16. The average Bonchev–Trinajstić information content (AvgIpc) is 2.66. The molecule has 0 saturated carbocycles. The molecule has 3 N–H and O–H groups in total. The van der Waals surface area contributed by atoms with Gasteiger partial charge in [0.05, 0.1) is 17.6 Å². The minimum atomic E-state index is -0.482. The van der Waals surface area contributed by atoms with Gasteiger partial charge in [0.1, 0.15) is 5.82 Å². The van der Waals surface area contributed by atoms with E-state index in [4.69, 9.17) is 10.8 Å². The largest absolute Gasteiger partial charge is 0.394 e. The maximum Gasteiger partial charge on any atom is 0.106 e. The van der Waals surface area contributed by atoms with E-state index in [1.54, 1.807) is 0 Å². The summed E-state index contributed by atoms with van der Waals surface area (Å²) in [6.07, 6.45) is 1.74. The van der Waals surface area contributed by atoms with Gasteiger partial charge in [-0.1, -0.05) is 12.1 Å². The zero-order valence-corrected chi connectivity index (χ0v) is 11.1. The number of hydrogen-bond donors (Lipinski definition) is 2. The summed E-state index contributed by atoms with van der Waals surface area (Å²) in [5, 5.41) is 9.13. The predicted molar refractivity (Wildman–Crippen MR) is 73.4 cm³/mol. The lowest BCUT2D eigenvalue weighted by molar-refractivity contribution is 0.196. The molecule has 0 bridgehead atoms. The summed E-state index contributed by atoms with van der Waals surface area (Å²) < 4.78 is 2.21. The minimum Gasteiger partial charge on any atom is -0.394 e. The molecule has 1 unspecified atom stereocenters. The van der Waals surface area contributed by atoms with Crippen molar-refractivity contribution in [3.05, 3.63) is 30.1 Å². The number of nitrogens with zero attached hydrogens (tertiary/aromatic N) is 2.